The molecule has 0 aliphatic carbocycles. The lowest BCUT2D eigenvalue weighted by molar-refractivity contribution is 0.0492. The van der Waals surface area contributed by atoms with Gasteiger partial charge in [-0.2, -0.15) is 5.10 Å². The first-order valence-corrected chi connectivity index (χ1v) is 8.40. The van der Waals surface area contributed by atoms with Crippen molar-refractivity contribution < 1.29 is 5.11 Å². The van der Waals surface area contributed by atoms with Gasteiger partial charge in [-0.3, -0.25) is 9.58 Å². The van der Waals surface area contributed by atoms with Gasteiger partial charge in [0.2, 0.25) is 0 Å². The lowest BCUT2D eigenvalue weighted by atomic mass is 9.90. The number of rotatable bonds is 4. The molecule has 0 amide bonds. The number of aryl methyl sites for hydroxylation is 3. The van der Waals surface area contributed by atoms with Crippen LogP contribution in [0.1, 0.15) is 36.0 Å². The third-order valence-corrected chi connectivity index (χ3v) is 5.33. The summed E-state index contributed by atoms with van der Waals surface area (Å²) in [7, 11) is 3.79. The number of hydrogen-bond acceptors (Lipinski definition) is 4. The van der Waals surface area contributed by atoms with E-state index in [2.05, 4.69) is 15.0 Å². The average molecular weight is 338 g/mol. The molecule has 6 nitrogen and oxygen atoms in total. The summed E-state index contributed by atoms with van der Waals surface area (Å²) in [6.45, 7) is 4.73. The van der Waals surface area contributed by atoms with Crippen LogP contribution in [-0.2, 0) is 20.6 Å². The van der Waals surface area contributed by atoms with Crippen molar-refractivity contribution in [1.82, 2.24) is 24.2 Å². The highest BCUT2D eigenvalue weighted by atomic mass is 35.5. The Morgan fingerprint density at radius 1 is 1.35 bits per heavy atom. The van der Waals surface area contributed by atoms with Crippen molar-refractivity contribution in [2.75, 3.05) is 13.1 Å². The zero-order chi connectivity index (χ0) is 16.6. The number of aromatic nitrogens is 4. The average Bonchev–Trinajstić information content (AvgIpc) is 3.06. The quantitative estimate of drug-likeness (QED) is 0.927. The minimum absolute atomic E-state index is 0.262. The molecular weight excluding hydrogens is 314 g/mol. The number of aliphatic hydroxyl groups is 1. The minimum Gasteiger partial charge on any atom is -0.385 e. The van der Waals surface area contributed by atoms with E-state index in [4.69, 9.17) is 11.6 Å². The monoisotopic (exact) mass is 337 g/mol. The van der Waals surface area contributed by atoms with E-state index in [1.54, 1.807) is 10.9 Å². The molecule has 1 N–H and O–H groups in total. The Kier molecular flexibility index (Phi) is 4.75. The van der Waals surface area contributed by atoms with E-state index >= 15 is 0 Å². The van der Waals surface area contributed by atoms with E-state index < -0.39 is 6.10 Å². The van der Waals surface area contributed by atoms with Gasteiger partial charge in [-0.25, -0.2) is 4.98 Å². The van der Waals surface area contributed by atoms with E-state index in [9.17, 15) is 5.11 Å². The molecule has 1 saturated heterocycles. The maximum atomic E-state index is 10.5. The molecule has 2 aromatic rings. The Balaban J connectivity index is 1.59. The summed E-state index contributed by atoms with van der Waals surface area (Å²) in [4.78, 5) is 6.66. The van der Waals surface area contributed by atoms with Crippen LogP contribution in [0, 0.1) is 12.8 Å². The molecule has 0 spiro atoms. The van der Waals surface area contributed by atoms with Crippen molar-refractivity contribution in [3.63, 3.8) is 0 Å². The number of piperidine rings is 1. The summed E-state index contributed by atoms with van der Waals surface area (Å²) in [5.41, 5.74) is 2.10. The molecule has 2 aromatic heterocycles. The second kappa shape index (κ2) is 6.63. The van der Waals surface area contributed by atoms with Crippen LogP contribution in [0.3, 0.4) is 0 Å². The van der Waals surface area contributed by atoms with Crippen LogP contribution in [0.4, 0.5) is 0 Å². The van der Waals surface area contributed by atoms with Crippen LogP contribution in [0.5, 0.6) is 0 Å². The molecule has 1 aliphatic rings. The zero-order valence-corrected chi connectivity index (χ0v) is 14.7. The van der Waals surface area contributed by atoms with Gasteiger partial charge >= 0.3 is 0 Å². The first-order chi connectivity index (χ1) is 11.0. The minimum atomic E-state index is -0.485. The smallest absolute Gasteiger partial charge is 0.137 e. The van der Waals surface area contributed by atoms with Gasteiger partial charge in [0, 0.05) is 38.6 Å². The van der Waals surface area contributed by atoms with E-state index in [-0.39, 0.29) is 5.92 Å². The first-order valence-electron chi connectivity index (χ1n) is 8.03. The van der Waals surface area contributed by atoms with Crippen molar-refractivity contribution in [3.8, 4) is 0 Å². The van der Waals surface area contributed by atoms with E-state index in [0.29, 0.717) is 0 Å². The third-order valence-electron chi connectivity index (χ3n) is 4.85. The highest BCUT2D eigenvalue weighted by molar-refractivity contribution is 6.30. The van der Waals surface area contributed by atoms with Crippen molar-refractivity contribution >= 4 is 11.6 Å². The summed E-state index contributed by atoms with van der Waals surface area (Å²) in [6.07, 6.45) is 5.05. The molecule has 23 heavy (non-hydrogen) atoms. The molecule has 0 saturated carbocycles. The lowest BCUT2D eigenvalue weighted by Gasteiger charge is -2.34. The summed E-state index contributed by atoms with van der Waals surface area (Å²) in [5, 5.41) is 15.6. The number of aliphatic hydroxyl groups excluding tert-OH is 1. The van der Waals surface area contributed by atoms with E-state index in [1.165, 1.54) is 0 Å². The highest BCUT2D eigenvalue weighted by Crippen LogP contribution is 2.31. The van der Waals surface area contributed by atoms with Crippen LogP contribution in [0.2, 0.25) is 5.15 Å². The van der Waals surface area contributed by atoms with Crippen molar-refractivity contribution in [1.29, 1.82) is 0 Å². The van der Waals surface area contributed by atoms with Crippen molar-refractivity contribution in [3.05, 3.63) is 34.6 Å². The van der Waals surface area contributed by atoms with Gasteiger partial charge in [0.1, 0.15) is 17.1 Å². The molecule has 3 rings (SSSR count). The number of likely N-dealkylation sites (tertiary alicyclic amines) is 1. The van der Waals surface area contributed by atoms with Gasteiger partial charge in [-0.05, 0) is 38.8 Å². The number of hydrogen-bond donors (Lipinski definition) is 1. The molecule has 0 radical (unpaired) electrons. The zero-order valence-electron chi connectivity index (χ0n) is 13.9. The molecule has 1 aliphatic heterocycles. The fourth-order valence-electron chi connectivity index (χ4n) is 3.38. The van der Waals surface area contributed by atoms with Crippen LogP contribution >= 0.6 is 11.6 Å². The lowest BCUT2D eigenvalue weighted by Crippen LogP contribution is -2.35. The Bertz CT molecular complexity index is 672. The Morgan fingerprint density at radius 2 is 2.04 bits per heavy atom. The molecule has 1 unspecified atom stereocenters. The maximum absolute atomic E-state index is 10.5. The van der Waals surface area contributed by atoms with Crippen LogP contribution < -0.4 is 0 Å². The van der Waals surface area contributed by atoms with Gasteiger partial charge in [-0.1, -0.05) is 11.6 Å². The molecule has 3 heterocycles. The SMILES string of the molecule is Cc1nn(C)c(Cl)c1CN1CCC(C(O)c2nccn2C)CC1. The fourth-order valence-corrected chi connectivity index (χ4v) is 3.61. The highest BCUT2D eigenvalue weighted by Gasteiger charge is 2.29. The summed E-state index contributed by atoms with van der Waals surface area (Å²) >= 11 is 6.32. The van der Waals surface area contributed by atoms with Crippen molar-refractivity contribution in [2.45, 2.75) is 32.4 Å². The van der Waals surface area contributed by atoms with Gasteiger partial charge in [0.05, 0.1) is 5.69 Å². The van der Waals surface area contributed by atoms with Gasteiger partial charge in [0.25, 0.3) is 0 Å². The number of imidazole rings is 1. The molecule has 0 aromatic carbocycles. The topological polar surface area (TPSA) is 59.1 Å². The first kappa shape index (κ1) is 16.5. The number of halogens is 1. The molecule has 1 atom stereocenters. The predicted molar refractivity (Wildman–Crippen MR) is 89.1 cm³/mol. The molecule has 7 heteroatoms. The standard InChI is InChI=1S/C16H24ClN5O/c1-11-13(15(17)21(3)19-11)10-22-7-4-12(5-8-22)14(23)16-18-6-9-20(16)2/h6,9,12,14,23H,4-5,7-8,10H2,1-3H3. The van der Waals surface area contributed by atoms with Gasteiger partial charge in [0.15, 0.2) is 0 Å². The molecular formula is C16H24ClN5O. The van der Waals surface area contributed by atoms with Gasteiger partial charge < -0.3 is 9.67 Å². The van der Waals surface area contributed by atoms with E-state index in [1.807, 2.05) is 31.8 Å². The van der Waals surface area contributed by atoms with Crippen molar-refractivity contribution in [2.24, 2.45) is 20.0 Å². The van der Waals surface area contributed by atoms with Gasteiger partial charge in [-0.15, -0.1) is 0 Å². The van der Waals surface area contributed by atoms with E-state index in [0.717, 1.165) is 54.7 Å². The third kappa shape index (κ3) is 3.29. The Hall–Kier alpha value is -1.37. The second-order valence-corrected chi connectivity index (χ2v) is 6.79. The normalized spacial score (nSPS) is 18.5. The Morgan fingerprint density at radius 3 is 2.57 bits per heavy atom. The molecule has 126 valence electrons. The summed E-state index contributed by atoms with van der Waals surface area (Å²) in [6, 6.07) is 0. The largest absolute Gasteiger partial charge is 0.385 e. The second-order valence-electron chi connectivity index (χ2n) is 6.43. The fraction of sp³-hybridized carbons (Fsp3) is 0.625. The van der Waals surface area contributed by atoms with Crippen LogP contribution in [0.15, 0.2) is 12.4 Å². The predicted octanol–water partition coefficient (Wildman–Crippen LogP) is 2.06. The number of nitrogens with zero attached hydrogens (tertiary/aromatic N) is 5. The van der Waals surface area contributed by atoms with Crippen LogP contribution in [0.25, 0.3) is 0 Å². The summed E-state index contributed by atoms with van der Waals surface area (Å²) in [5.74, 6) is 1.02. The summed E-state index contributed by atoms with van der Waals surface area (Å²) < 4.78 is 3.62. The Labute approximate surface area is 141 Å². The van der Waals surface area contributed by atoms with Crippen LogP contribution in [-0.4, -0.2) is 42.4 Å². The maximum Gasteiger partial charge on any atom is 0.137 e. The molecule has 1 fully saturated rings. The molecule has 0 bridgehead atoms.